The number of rotatable bonds is 5. The van der Waals surface area contributed by atoms with Crippen molar-refractivity contribution in [3.8, 4) is 11.1 Å². The number of nitrogens with zero attached hydrogens (tertiary/aromatic N) is 2. The van der Waals surface area contributed by atoms with Gasteiger partial charge < -0.3 is 15.4 Å². The lowest BCUT2D eigenvalue weighted by molar-refractivity contribution is 0.152. The molecule has 1 aromatic carbocycles. The number of amides is 1. The minimum Gasteiger partial charge on any atom is -0.449 e. The van der Waals surface area contributed by atoms with Crippen molar-refractivity contribution in [3.05, 3.63) is 47.7 Å². The third-order valence-electron chi connectivity index (χ3n) is 4.59. The summed E-state index contributed by atoms with van der Waals surface area (Å²) in [4.78, 5) is 17.4. The predicted octanol–water partition coefficient (Wildman–Crippen LogP) is 3.04. The fourth-order valence-electron chi connectivity index (χ4n) is 3.34. The molecule has 1 aliphatic rings. The zero-order valence-corrected chi connectivity index (χ0v) is 16.3. The molecule has 1 amide bonds. The molecule has 3 rings (SSSR count). The van der Waals surface area contributed by atoms with Crippen LogP contribution in [0.15, 0.2) is 30.5 Å². The van der Waals surface area contributed by atoms with Crippen molar-refractivity contribution in [2.45, 2.75) is 20.3 Å². The van der Waals surface area contributed by atoms with Crippen LogP contribution in [-0.4, -0.2) is 36.7 Å². The number of nitrogens with two attached hydrogens (primary N) is 1. The van der Waals surface area contributed by atoms with Crippen LogP contribution in [0.3, 0.4) is 0 Å². The molecule has 1 saturated heterocycles. The normalized spacial score (nSPS) is 14.8. The largest absolute Gasteiger partial charge is 0.449 e. The fourth-order valence-corrected chi connectivity index (χ4v) is 3.34. The van der Waals surface area contributed by atoms with E-state index in [1.807, 2.05) is 10.2 Å². The van der Waals surface area contributed by atoms with Crippen LogP contribution in [0.2, 0.25) is 0 Å². The average Bonchev–Trinajstić information content (AvgIpc) is 2.60. The second kappa shape index (κ2) is 8.02. The molecule has 0 aliphatic carbocycles. The smallest absolute Gasteiger partial charge is 0.413 e. The van der Waals surface area contributed by atoms with E-state index in [2.05, 4.69) is 18.8 Å². The number of carbonyl (C=O) groups is 1. The number of anilines is 1. The summed E-state index contributed by atoms with van der Waals surface area (Å²) >= 11 is 0. The third kappa shape index (κ3) is 4.79. The standard InChI is InChI=1S/C20H23F2N5O2/c1-20(2)10-27(11-20)17-15(21)8-13(9-25-17)14-5-3-4-12(16(14)22)6-7-29-19(28)26-18(23)24/h3-5,8-9H,6-7,10-11H2,1-2H3,(H4,23,24,26,28). The van der Waals surface area contributed by atoms with Crippen molar-refractivity contribution in [2.24, 2.45) is 11.1 Å². The first-order valence-corrected chi connectivity index (χ1v) is 9.12. The molecule has 0 radical (unpaired) electrons. The van der Waals surface area contributed by atoms with E-state index in [1.54, 1.807) is 18.2 Å². The minimum absolute atomic E-state index is 0.101. The van der Waals surface area contributed by atoms with Gasteiger partial charge in [0, 0.05) is 36.8 Å². The Morgan fingerprint density at radius 1 is 1.38 bits per heavy atom. The lowest BCUT2D eigenvalue weighted by Gasteiger charge is -2.46. The first-order valence-electron chi connectivity index (χ1n) is 9.12. The molecular formula is C20H23F2N5O2. The Balaban J connectivity index is 1.71. The summed E-state index contributed by atoms with van der Waals surface area (Å²) in [7, 11) is 0. The Bertz CT molecular complexity index is 940. The highest BCUT2D eigenvalue weighted by Gasteiger charge is 2.36. The lowest BCUT2D eigenvalue weighted by atomic mass is 9.84. The molecule has 1 aliphatic heterocycles. The molecule has 4 N–H and O–H groups in total. The third-order valence-corrected chi connectivity index (χ3v) is 4.59. The number of hydrogen-bond acceptors (Lipinski definition) is 5. The number of alkyl carbamates (subject to hydrolysis) is 1. The maximum Gasteiger partial charge on any atom is 0.413 e. The van der Waals surface area contributed by atoms with Crippen molar-refractivity contribution in [1.29, 1.82) is 5.41 Å². The molecule has 9 heteroatoms. The van der Waals surface area contributed by atoms with Gasteiger partial charge in [0.05, 0.1) is 6.61 Å². The van der Waals surface area contributed by atoms with Crippen molar-refractivity contribution < 1.29 is 18.3 Å². The Morgan fingerprint density at radius 3 is 2.72 bits per heavy atom. The number of carbonyl (C=O) groups excluding carboxylic acids is 1. The molecule has 0 saturated carbocycles. The van der Waals surface area contributed by atoms with Crippen molar-refractivity contribution in [3.63, 3.8) is 0 Å². The first kappa shape index (κ1) is 20.5. The number of halogens is 2. The minimum atomic E-state index is -0.884. The van der Waals surface area contributed by atoms with E-state index in [0.29, 0.717) is 11.1 Å². The van der Waals surface area contributed by atoms with Crippen LogP contribution in [0.5, 0.6) is 0 Å². The van der Waals surface area contributed by atoms with Crippen LogP contribution in [0, 0.1) is 22.5 Å². The van der Waals surface area contributed by atoms with E-state index in [1.165, 1.54) is 12.3 Å². The number of ether oxygens (including phenoxy) is 1. The van der Waals surface area contributed by atoms with Crippen molar-refractivity contribution in [2.75, 3.05) is 24.6 Å². The number of guanidine groups is 1. The van der Waals surface area contributed by atoms with Crippen LogP contribution in [-0.2, 0) is 11.2 Å². The first-order chi connectivity index (χ1) is 13.7. The highest BCUT2D eigenvalue weighted by atomic mass is 19.1. The molecule has 0 atom stereocenters. The summed E-state index contributed by atoms with van der Waals surface area (Å²) in [6.07, 6.45) is 0.690. The lowest BCUT2D eigenvalue weighted by Crippen LogP contribution is -2.53. The van der Waals surface area contributed by atoms with Gasteiger partial charge in [0.1, 0.15) is 5.82 Å². The molecule has 2 heterocycles. The van der Waals surface area contributed by atoms with Gasteiger partial charge in [-0.1, -0.05) is 32.0 Å². The summed E-state index contributed by atoms with van der Waals surface area (Å²) < 4.78 is 34.3. The van der Waals surface area contributed by atoms with Gasteiger partial charge in [0.15, 0.2) is 17.6 Å². The quantitative estimate of drug-likeness (QED) is 0.526. The number of hydrogen-bond donors (Lipinski definition) is 3. The summed E-state index contributed by atoms with van der Waals surface area (Å²) in [5.74, 6) is -1.29. The van der Waals surface area contributed by atoms with E-state index in [9.17, 15) is 13.6 Å². The summed E-state index contributed by atoms with van der Waals surface area (Å²) in [6.45, 7) is 5.54. The van der Waals surface area contributed by atoms with E-state index < -0.39 is 23.7 Å². The zero-order chi connectivity index (χ0) is 21.2. The van der Waals surface area contributed by atoms with Gasteiger partial charge >= 0.3 is 6.09 Å². The maximum absolute atomic E-state index is 14.9. The monoisotopic (exact) mass is 403 g/mol. The number of benzene rings is 1. The van der Waals surface area contributed by atoms with Gasteiger partial charge in [0.25, 0.3) is 0 Å². The summed E-state index contributed by atoms with van der Waals surface area (Å²) in [5.41, 5.74) is 6.03. The van der Waals surface area contributed by atoms with Crippen LogP contribution >= 0.6 is 0 Å². The molecular weight excluding hydrogens is 380 g/mol. The second-order valence-electron chi connectivity index (χ2n) is 7.75. The van der Waals surface area contributed by atoms with Gasteiger partial charge in [-0.15, -0.1) is 0 Å². The predicted molar refractivity (Wildman–Crippen MR) is 106 cm³/mol. The van der Waals surface area contributed by atoms with Crippen molar-refractivity contribution >= 4 is 17.9 Å². The Hall–Kier alpha value is -3.23. The summed E-state index contributed by atoms with van der Waals surface area (Å²) in [5, 5.41) is 8.91. The summed E-state index contributed by atoms with van der Waals surface area (Å²) in [6, 6.07) is 6.04. The highest BCUT2D eigenvalue weighted by molar-refractivity contribution is 5.90. The van der Waals surface area contributed by atoms with E-state index in [-0.39, 0.29) is 29.8 Å². The zero-order valence-electron chi connectivity index (χ0n) is 16.3. The van der Waals surface area contributed by atoms with Gasteiger partial charge in [-0.05, 0) is 17.0 Å². The van der Waals surface area contributed by atoms with E-state index in [4.69, 9.17) is 15.9 Å². The van der Waals surface area contributed by atoms with Crippen molar-refractivity contribution in [1.82, 2.24) is 10.3 Å². The molecule has 154 valence electrons. The Morgan fingerprint density at radius 2 is 2.10 bits per heavy atom. The molecule has 1 fully saturated rings. The number of nitrogens with one attached hydrogen (secondary N) is 2. The maximum atomic E-state index is 14.9. The molecule has 7 nitrogen and oxygen atoms in total. The van der Waals surface area contributed by atoms with E-state index >= 15 is 0 Å². The van der Waals surface area contributed by atoms with Crippen LogP contribution in [0.4, 0.5) is 19.4 Å². The topological polar surface area (TPSA) is 104 Å². The highest BCUT2D eigenvalue weighted by Crippen LogP contribution is 2.35. The average molecular weight is 403 g/mol. The molecule has 0 bridgehead atoms. The van der Waals surface area contributed by atoms with Gasteiger partial charge in [-0.25, -0.2) is 18.6 Å². The van der Waals surface area contributed by atoms with Gasteiger partial charge in [-0.3, -0.25) is 10.7 Å². The molecule has 2 aromatic rings. The Kier molecular flexibility index (Phi) is 5.67. The van der Waals surface area contributed by atoms with E-state index in [0.717, 1.165) is 13.1 Å². The second-order valence-corrected chi connectivity index (χ2v) is 7.75. The fraction of sp³-hybridized carbons (Fsp3) is 0.350. The molecule has 0 spiro atoms. The molecule has 29 heavy (non-hydrogen) atoms. The van der Waals surface area contributed by atoms with Crippen LogP contribution < -0.4 is 16.0 Å². The number of pyridine rings is 1. The van der Waals surface area contributed by atoms with Crippen LogP contribution in [0.1, 0.15) is 19.4 Å². The Labute approximate surface area is 167 Å². The number of aromatic nitrogens is 1. The molecule has 1 aromatic heterocycles. The van der Waals surface area contributed by atoms with Crippen LogP contribution in [0.25, 0.3) is 11.1 Å². The molecule has 0 unspecified atom stereocenters. The van der Waals surface area contributed by atoms with Gasteiger partial charge in [0.2, 0.25) is 0 Å². The van der Waals surface area contributed by atoms with Gasteiger partial charge in [-0.2, -0.15) is 0 Å². The SMILES string of the molecule is CC1(C)CN(c2ncc(-c3cccc(CCOC(=O)NC(=N)N)c3F)cc2F)C1.